The van der Waals surface area contributed by atoms with Crippen LogP contribution in [0.5, 0.6) is 0 Å². The van der Waals surface area contributed by atoms with E-state index < -0.39 is 5.41 Å². The van der Waals surface area contributed by atoms with Crippen molar-refractivity contribution < 1.29 is 14.0 Å². The van der Waals surface area contributed by atoms with Crippen LogP contribution in [0.25, 0.3) is 0 Å². The van der Waals surface area contributed by atoms with Gasteiger partial charge in [-0.25, -0.2) is 4.79 Å². The van der Waals surface area contributed by atoms with Crippen molar-refractivity contribution in [1.29, 1.82) is 0 Å². The number of ketones is 1. The van der Waals surface area contributed by atoms with Crippen LogP contribution in [-0.4, -0.2) is 54.0 Å². The molecule has 1 fully saturated rings. The molecule has 5 nitrogen and oxygen atoms in total. The van der Waals surface area contributed by atoms with Gasteiger partial charge < -0.3 is 15.1 Å². The molecule has 0 saturated carbocycles. The van der Waals surface area contributed by atoms with Crippen LogP contribution in [0, 0.1) is 6.92 Å². The summed E-state index contributed by atoms with van der Waals surface area (Å²) in [6, 6.07) is 7.93. The summed E-state index contributed by atoms with van der Waals surface area (Å²) in [6.07, 6.45) is 7.59. The average Bonchev–Trinajstić information content (AvgIpc) is 2.90. The number of urea groups is 1. The fourth-order valence-corrected chi connectivity index (χ4v) is 5.37. The third-order valence-corrected chi connectivity index (χ3v) is 8.13. The van der Waals surface area contributed by atoms with Crippen LogP contribution in [0.15, 0.2) is 69.6 Å². The number of benzene rings is 1. The maximum atomic E-state index is 12.6. The van der Waals surface area contributed by atoms with Gasteiger partial charge in [-0.2, -0.15) is 0 Å². The van der Waals surface area contributed by atoms with Gasteiger partial charge in [0, 0.05) is 42.1 Å². The van der Waals surface area contributed by atoms with Crippen molar-refractivity contribution in [3.05, 3.63) is 80.7 Å². The molecule has 246 valence electrons. The molecule has 0 aliphatic carbocycles. The van der Waals surface area contributed by atoms with Crippen LogP contribution in [0.1, 0.15) is 106 Å². The summed E-state index contributed by atoms with van der Waals surface area (Å²) in [4.78, 5) is 28.2. The number of nitrogens with one attached hydrogen (secondary N) is 1. The van der Waals surface area contributed by atoms with E-state index in [4.69, 9.17) is 11.6 Å². The van der Waals surface area contributed by atoms with Gasteiger partial charge in [-0.3, -0.25) is 9.18 Å². The van der Waals surface area contributed by atoms with Crippen LogP contribution < -0.4 is 5.32 Å². The van der Waals surface area contributed by atoms with Gasteiger partial charge >= 0.3 is 6.03 Å². The second kappa shape index (κ2) is 18.8. The number of amides is 2. The van der Waals surface area contributed by atoms with Gasteiger partial charge in [0.2, 0.25) is 0 Å². The maximum Gasteiger partial charge on any atom is 0.317 e. The lowest BCUT2D eigenvalue weighted by atomic mass is 9.69. The van der Waals surface area contributed by atoms with Gasteiger partial charge in [0.05, 0.1) is 12.1 Å². The Morgan fingerprint density at radius 1 is 1.02 bits per heavy atom. The molecule has 1 heterocycles. The number of aryl methyl sites for hydroxylation is 1. The lowest BCUT2D eigenvalue weighted by Gasteiger charge is -2.49. The number of carbonyl (C=O) groups excluding carboxylic acids is 2. The molecule has 2 amide bonds. The van der Waals surface area contributed by atoms with Gasteiger partial charge in [0.1, 0.15) is 5.78 Å². The second-order valence-electron chi connectivity index (χ2n) is 12.6. The number of halogens is 2. The zero-order valence-electron chi connectivity index (χ0n) is 29.2. The molecule has 1 aromatic carbocycles. The highest BCUT2D eigenvalue weighted by atomic mass is 35.5. The van der Waals surface area contributed by atoms with Gasteiger partial charge in [-0.05, 0) is 117 Å². The van der Waals surface area contributed by atoms with E-state index in [9.17, 15) is 14.0 Å². The van der Waals surface area contributed by atoms with E-state index in [-0.39, 0.29) is 24.5 Å². The number of Topliss-reactive ketones (excluding diaryl/α,β-unsaturated/α-hetero) is 1. The third-order valence-electron chi connectivity index (χ3n) is 8.01. The minimum Gasteiger partial charge on any atom is -0.345 e. The Kier molecular flexibility index (Phi) is 16.8. The zero-order valence-corrected chi connectivity index (χ0v) is 29.9. The first kappa shape index (κ1) is 39.2. The molecule has 1 aliphatic rings. The number of alkyl halides is 1. The Balaban J connectivity index is 0.000000445. The molecular formula is C37H57ClFN3O2. The van der Waals surface area contributed by atoms with Crippen LogP contribution >= 0.6 is 11.6 Å². The molecule has 1 aliphatic heterocycles. The van der Waals surface area contributed by atoms with E-state index in [0.29, 0.717) is 19.5 Å². The fraction of sp³-hybridized carbons (Fsp3) is 0.568. The largest absolute Gasteiger partial charge is 0.345 e. The van der Waals surface area contributed by atoms with E-state index in [1.165, 1.54) is 28.1 Å². The quantitative estimate of drug-likeness (QED) is 0.174. The summed E-state index contributed by atoms with van der Waals surface area (Å²) < 4.78 is 12.6. The van der Waals surface area contributed by atoms with E-state index in [1.54, 1.807) is 11.8 Å². The number of likely N-dealkylation sites (tertiary alicyclic amines) is 1. The number of unbranched alkanes of at least 4 members (excludes halogenated alkanes) is 1. The highest BCUT2D eigenvalue weighted by Crippen LogP contribution is 2.37. The van der Waals surface area contributed by atoms with Crippen molar-refractivity contribution in [1.82, 2.24) is 15.1 Å². The van der Waals surface area contributed by atoms with Gasteiger partial charge in [-0.15, -0.1) is 0 Å². The molecule has 1 N–H and O–H groups in total. The van der Waals surface area contributed by atoms with Crippen molar-refractivity contribution in [3.63, 3.8) is 0 Å². The highest BCUT2D eigenvalue weighted by Gasteiger charge is 2.50. The van der Waals surface area contributed by atoms with Crippen LogP contribution in [0.4, 0.5) is 9.18 Å². The standard InChI is InChI=1S/C21H35ClFN.C16H22N2O2/c1-8-11-20(17(4)5)24(15-10-9-14-23)21(13-12-18(6)22)19(7)16(2)3;1-11(2)17-15(20)18-9-16(10-18,13(4)19)14-8-6-5-7-12(14)3/h12-13H,8-11,14-15H2,1-7H3;5-8,11H,9-10H2,1-4H3,(H,17,20)/b18-12+,21-13+;. The van der Waals surface area contributed by atoms with Crippen LogP contribution in [0.3, 0.4) is 0 Å². The molecule has 0 aromatic heterocycles. The smallest absolute Gasteiger partial charge is 0.317 e. The number of carbonyl (C=O) groups is 2. The number of hydrogen-bond acceptors (Lipinski definition) is 3. The number of hydrogen-bond donors (Lipinski definition) is 1. The minimum atomic E-state index is -0.528. The predicted molar refractivity (Wildman–Crippen MR) is 186 cm³/mol. The molecule has 1 aromatic rings. The lowest BCUT2D eigenvalue weighted by molar-refractivity contribution is -0.127. The normalized spacial score (nSPS) is 14.3. The minimum absolute atomic E-state index is 0.0922. The summed E-state index contributed by atoms with van der Waals surface area (Å²) in [7, 11) is 0. The molecule has 2 rings (SSSR count). The number of rotatable bonds is 13. The maximum absolute atomic E-state index is 12.6. The second-order valence-corrected chi connectivity index (χ2v) is 13.2. The molecule has 0 radical (unpaired) electrons. The number of nitrogens with zero attached hydrogens (tertiary/aromatic N) is 2. The Hall–Kier alpha value is -2.86. The SMILES string of the molecule is CC(=O)C1(c2ccccc2C)CN(C(=O)NC(C)C)C1.CCCC(=C(C)C)N(CCCCF)/C(=C/C=C(\C)Cl)C(C)=C(C)C. The van der Waals surface area contributed by atoms with Crippen LogP contribution in [0.2, 0.25) is 0 Å². The van der Waals surface area contributed by atoms with Crippen molar-refractivity contribution >= 4 is 23.4 Å². The van der Waals surface area contributed by atoms with Gasteiger partial charge in [0.15, 0.2) is 0 Å². The summed E-state index contributed by atoms with van der Waals surface area (Å²) in [5.74, 6) is 0.125. The summed E-state index contributed by atoms with van der Waals surface area (Å²) in [6.45, 7) is 23.8. The Labute approximate surface area is 272 Å². The monoisotopic (exact) mass is 629 g/mol. The predicted octanol–water partition coefficient (Wildman–Crippen LogP) is 9.77. The third kappa shape index (κ3) is 11.3. The van der Waals surface area contributed by atoms with E-state index in [2.05, 4.69) is 57.8 Å². The summed E-state index contributed by atoms with van der Waals surface area (Å²) in [5.41, 5.74) is 7.96. The Bertz CT molecular complexity index is 1230. The molecule has 0 unspecified atom stereocenters. The Morgan fingerprint density at radius 3 is 2.09 bits per heavy atom. The topological polar surface area (TPSA) is 52.7 Å². The molecule has 1 saturated heterocycles. The molecular weight excluding hydrogens is 573 g/mol. The highest BCUT2D eigenvalue weighted by molar-refractivity contribution is 6.29. The first-order valence-electron chi connectivity index (χ1n) is 15.9. The molecule has 0 bridgehead atoms. The molecule has 7 heteroatoms. The lowest BCUT2D eigenvalue weighted by Crippen LogP contribution is -2.66. The molecule has 0 spiro atoms. The van der Waals surface area contributed by atoms with Crippen molar-refractivity contribution in [2.75, 3.05) is 26.3 Å². The Morgan fingerprint density at radius 2 is 1.64 bits per heavy atom. The molecule has 0 atom stereocenters. The van der Waals surface area contributed by atoms with Gasteiger partial charge in [0.25, 0.3) is 0 Å². The van der Waals surface area contributed by atoms with Crippen molar-refractivity contribution in [2.45, 2.75) is 113 Å². The van der Waals surface area contributed by atoms with E-state index in [0.717, 1.165) is 42.0 Å². The van der Waals surface area contributed by atoms with E-state index >= 15 is 0 Å². The average molecular weight is 630 g/mol. The van der Waals surface area contributed by atoms with Crippen molar-refractivity contribution in [3.8, 4) is 0 Å². The van der Waals surface area contributed by atoms with Crippen LogP contribution in [-0.2, 0) is 10.2 Å². The molecule has 44 heavy (non-hydrogen) atoms. The first-order valence-corrected chi connectivity index (χ1v) is 16.3. The van der Waals surface area contributed by atoms with E-state index in [1.807, 2.05) is 58.0 Å². The first-order chi connectivity index (χ1) is 20.6. The number of allylic oxidation sites excluding steroid dienone is 7. The summed E-state index contributed by atoms with van der Waals surface area (Å²) >= 11 is 6.06. The van der Waals surface area contributed by atoms with Crippen molar-refractivity contribution in [2.24, 2.45) is 0 Å². The van der Waals surface area contributed by atoms with Gasteiger partial charge in [-0.1, -0.05) is 60.4 Å². The fourth-order valence-electron chi connectivity index (χ4n) is 5.30. The summed E-state index contributed by atoms with van der Waals surface area (Å²) in [5, 5.41) is 3.62. The zero-order chi connectivity index (χ0) is 33.6.